The third-order valence-electron chi connectivity index (χ3n) is 4.87. The van der Waals surface area contributed by atoms with E-state index in [4.69, 9.17) is 22.9 Å². The Morgan fingerprint density at radius 3 is 1.94 bits per heavy atom. The van der Waals surface area contributed by atoms with Gasteiger partial charge in [0.15, 0.2) is 5.96 Å². The van der Waals surface area contributed by atoms with Crippen LogP contribution in [0.2, 0.25) is 0 Å². The molecule has 4 atom stereocenters. The van der Waals surface area contributed by atoms with Crippen LogP contribution >= 0.6 is 25.3 Å². The average Bonchev–Trinajstić information content (AvgIpc) is 2.83. The fraction of sp³-hybridized carbons (Fsp3) is 0.476. The fourth-order valence-corrected chi connectivity index (χ4v) is 3.37. The standard InChI is InChI=1S/C21H34N8O4S2/c22-13(10-34)18(31)27-14(7-4-8-26-21(24)25)19(32)29-16(11-35)20(33)28-15(17(23)30)9-12-5-2-1-3-6-12/h1-3,5-6,13-16,34-35H,4,7-11,22H2,(H2,23,30)(H,27,31)(H,28,33)(H,29,32)(H4,24,25,26)/t13-,14-,15-,16-/m0/s1. The molecule has 194 valence electrons. The Bertz CT molecular complexity index is 883. The summed E-state index contributed by atoms with van der Waals surface area (Å²) in [5.41, 5.74) is 22.5. The molecule has 0 spiro atoms. The first kappa shape index (κ1) is 30.1. The number of benzene rings is 1. The summed E-state index contributed by atoms with van der Waals surface area (Å²) in [4.78, 5) is 53.7. The topological polar surface area (TPSA) is 221 Å². The minimum atomic E-state index is -1.10. The lowest BCUT2D eigenvalue weighted by molar-refractivity contribution is -0.133. The number of nitrogens with one attached hydrogen (secondary N) is 3. The van der Waals surface area contributed by atoms with Gasteiger partial charge in [-0.2, -0.15) is 25.3 Å². The van der Waals surface area contributed by atoms with Crippen molar-refractivity contribution in [2.24, 2.45) is 27.9 Å². The van der Waals surface area contributed by atoms with Crippen molar-refractivity contribution in [3.05, 3.63) is 35.9 Å². The van der Waals surface area contributed by atoms with Crippen LogP contribution in [0, 0.1) is 0 Å². The molecular formula is C21H34N8O4S2. The smallest absolute Gasteiger partial charge is 0.244 e. The zero-order valence-electron chi connectivity index (χ0n) is 19.2. The zero-order valence-corrected chi connectivity index (χ0v) is 21.0. The summed E-state index contributed by atoms with van der Waals surface area (Å²) in [6.07, 6.45) is 0.720. The molecule has 14 heteroatoms. The summed E-state index contributed by atoms with van der Waals surface area (Å²) in [5, 5.41) is 7.65. The third-order valence-corrected chi connectivity index (χ3v) is 5.63. The lowest BCUT2D eigenvalue weighted by Crippen LogP contribution is -2.58. The van der Waals surface area contributed by atoms with Crippen LogP contribution in [-0.2, 0) is 25.6 Å². The van der Waals surface area contributed by atoms with E-state index in [9.17, 15) is 19.2 Å². The molecule has 0 saturated carbocycles. The van der Waals surface area contributed by atoms with E-state index in [0.29, 0.717) is 6.42 Å². The third kappa shape index (κ3) is 11.3. The van der Waals surface area contributed by atoms with Gasteiger partial charge in [0, 0.05) is 24.5 Å². The Labute approximate surface area is 215 Å². The zero-order chi connectivity index (χ0) is 26.4. The van der Waals surface area contributed by atoms with Gasteiger partial charge in [0.25, 0.3) is 0 Å². The highest BCUT2D eigenvalue weighted by Gasteiger charge is 2.29. The van der Waals surface area contributed by atoms with Crippen LogP contribution < -0.4 is 38.9 Å². The minimum Gasteiger partial charge on any atom is -0.370 e. The van der Waals surface area contributed by atoms with Crippen LogP contribution in [0.1, 0.15) is 18.4 Å². The van der Waals surface area contributed by atoms with Crippen LogP contribution in [0.5, 0.6) is 0 Å². The van der Waals surface area contributed by atoms with E-state index in [1.54, 1.807) is 24.3 Å². The van der Waals surface area contributed by atoms with Gasteiger partial charge in [-0.15, -0.1) is 0 Å². The first-order valence-electron chi connectivity index (χ1n) is 10.9. The maximum atomic E-state index is 12.9. The van der Waals surface area contributed by atoms with Crippen molar-refractivity contribution in [3.63, 3.8) is 0 Å². The molecule has 0 aliphatic carbocycles. The van der Waals surface area contributed by atoms with Crippen molar-refractivity contribution in [1.82, 2.24) is 16.0 Å². The van der Waals surface area contributed by atoms with Crippen LogP contribution in [0.3, 0.4) is 0 Å². The summed E-state index contributed by atoms with van der Waals surface area (Å²) in [5.74, 6) is -2.68. The molecule has 0 aromatic heterocycles. The normalized spacial score (nSPS) is 14.0. The van der Waals surface area contributed by atoms with Gasteiger partial charge in [0.1, 0.15) is 18.1 Å². The number of aliphatic imine (C=N–C) groups is 1. The second-order valence-corrected chi connectivity index (χ2v) is 8.43. The molecule has 0 aliphatic heterocycles. The minimum absolute atomic E-state index is 0.0702. The summed E-state index contributed by atoms with van der Waals surface area (Å²) in [6.45, 7) is 0.233. The Morgan fingerprint density at radius 2 is 1.40 bits per heavy atom. The van der Waals surface area contributed by atoms with E-state index in [2.05, 4.69) is 46.2 Å². The maximum absolute atomic E-state index is 12.9. The van der Waals surface area contributed by atoms with E-state index in [1.807, 2.05) is 6.07 Å². The van der Waals surface area contributed by atoms with E-state index in [0.717, 1.165) is 5.56 Å². The molecular weight excluding hydrogens is 492 g/mol. The van der Waals surface area contributed by atoms with Crippen molar-refractivity contribution >= 4 is 54.8 Å². The highest BCUT2D eigenvalue weighted by atomic mass is 32.1. The molecule has 0 unspecified atom stereocenters. The van der Waals surface area contributed by atoms with E-state index in [-0.39, 0.29) is 36.9 Å². The molecule has 0 aliphatic rings. The highest BCUT2D eigenvalue weighted by Crippen LogP contribution is 2.05. The Morgan fingerprint density at radius 1 is 0.829 bits per heavy atom. The van der Waals surface area contributed by atoms with Crippen molar-refractivity contribution in [1.29, 1.82) is 0 Å². The fourth-order valence-electron chi connectivity index (χ4n) is 2.95. The molecule has 0 saturated heterocycles. The van der Waals surface area contributed by atoms with Crippen LogP contribution in [0.15, 0.2) is 35.3 Å². The summed E-state index contributed by atoms with van der Waals surface area (Å²) < 4.78 is 0. The van der Waals surface area contributed by atoms with Crippen LogP contribution in [0.25, 0.3) is 0 Å². The van der Waals surface area contributed by atoms with Gasteiger partial charge >= 0.3 is 0 Å². The number of amides is 4. The van der Waals surface area contributed by atoms with Crippen molar-refractivity contribution in [2.75, 3.05) is 18.1 Å². The molecule has 0 bridgehead atoms. The highest BCUT2D eigenvalue weighted by molar-refractivity contribution is 7.80. The van der Waals surface area contributed by atoms with Gasteiger partial charge in [-0.25, -0.2) is 0 Å². The van der Waals surface area contributed by atoms with Gasteiger partial charge in [-0.1, -0.05) is 30.3 Å². The van der Waals surface area contributed by atoms with E-state index < -0.39 is 47.8 Å². The summed E-state index contributed by atoms with van der Waals surface area (Å²) in [7, 11) is 0. The van der Waals surface area contributed by atoms with Crippen molar-refractivity contribution in [2.45, 2.75) is 43.4 Å². The number of guanidine groups is 1. The average molecular weight is 527 g/mol. The Balaban J connectivity index is 2.87. The number of nitrogens with two attached hydrogens (primary N) is 4. The van der Waals surface area contributed by atoms with Gasteiger partial charge in [-0.05, 0) is 18.4 Å². The molecule has 0 radical (unpaired) electrons. The monoisotopic (exact) mass is 526 g/mol. The quantitative estimate of drug-likeness (QED) is 0.0513. The van der Waals surface area contributed by atoms with Gasteiger partial charge < -0.3 is 38.9 Å². The lowest BCUT2D eigenvalue weighted by Gasteiger charge is -2.24. The van der Waals surface area contributed by atoms with Crippen LogP contribution in [-0.4, -0.2) is 71.8 Å². The first-order valence-corrected chi connectivity index (χ1v) is 12.1. The number of carbonyl (C=O) groups excluding carboxylic acids is 4. The van der Waals surface area contributed by atoms with Crippen molar-refractivity contribution in [3.8, 4) is 0 Å². The molecule has 11 N–H and O–H groups in total. The molecule has 1 aromatic rings. The number of nitrogens with zero attached hydrogens (tertiary/aromatic N) is 1. The number of hydrogen-bond donors (Lipinski definition) is 9. The molecule has 1 aromatic carbocycles. The van der Waals surface area contributed by atoms with Crippen molar-refractivity contribution < 1.29 is 19.2 Å². The molecule has 0 heterocycles. The predicted molar refractivity (Wildman–Crippen MR) is 141 cm³/mol. The maximum Gasteiger partial charge on any atom is 0.244 e. The van der Waals surface area contributed by atoms with E-state index >= 15 is 0 Å². The van der Waals surface area contributed by atoms with Gasteiger partial charge in [-0.3, -0.25) is 24.2 Å². The summed E-state index contributed by atoms with van der Waals surface area (Å²) >= 11 is 8.13. The lowest BCUT2D eigenvalue weighted by atomic mass is 10.0. The second-order valence-electron chi connectivity index (χ2n) is 7.70. The van der Waals surface area contributed by atoms with E-state index in [1.165, 1.54) is 0 Å². The second kappa shape index (κ2) is 15.8. The Kier molecular flexibility index (Phi) is 13.6. The van der Waals surface area contributed by atoms with Gasteiger partial charge in [0.2, 0.25) is 23.6 Å². The Hall–Kier alpha value is -2.97. The predicted octanol–water partition coefficient (Wildman–Crippen LogP) is -2.59. The summed E-state index contributed by atoms with van der Waals surface area (Å²) in [6, 6.07) is 4.98. The number of thiol groups is 2. The number of hydrogen-bond acceptors (Lipinski definition) is 8. The molecule has 12 nitrogen and oxygen atoms in total. The largest absolute Gasteiger partial charge is 0.370 e. The molecule has 35 heavy (non-hydrogen) atoms. The molecule has 4 amide bonds. The number of carbonyl (C=O) groups is 4. The molecule has 1 rings (SSSR count). The van der Waals surface area contributed by atoms with Crippen LogP contribution in [0.4, 0.5) is 0 Å². The number of rotatable bonds is 15. The van der Waals surface area contributed by atoms with Gasteiger partial charge in [0.05, 0.1) is 6.04 Å². The molecule has 0 fully saturated rings. The number of primary amides is 1. The first-order chi connectivity index (χ1) is 16.6. The SMILES string of the molecule is NC(=O)[C@H](Cc1ccccc1)NC(=O)[C@H](CS)NC(=O)[C@H](CCCN=C(N)N)NC(=O)[C@@H](N)CS.